The fourth-order valence-corrected chi connectivity index (χ4v) is 3.47. The number of anilines is 1. The van der Waals surface area contributed by atoms with Crippen LogP contribution >= 0.6 is 0 Å². The Morgan fingerprint density at radius 2 is 2.00 bits per heavy atom. The average molecular weight is 381 g/mol. The largest absolute Gasteiger partial charge is 0.489 e. The maximum atomic E-state index is 12.9. The van der Waals surface area contributed by atoms with Gasteiger partial charge >= 0.3 is 0 Å². The van der Waals surface area contributed by atoms with Gasteiger partial charge in [0.25, 0.3) is 5.91 Å². The van der Waals surface area contributed by atoms with Crippen LogP contribution in [-0.2, 0) is 11.4 Å². The Hall–Kier alpha value is -2.86. The average Bonchev–Trinajstić information content (AvgIpc) is 2.68. The summed E-state index contributed by atoms with van der Waals surface area (Å²) in [6, 6.07) is 15.1. The van der Waals surface area contributed by atoms with E-state index < -0.39 is 0 Å². The number of ether oxygens (including phenoxy) is 1. The number of nitrogens with two attached hydrogens (primary N) is 1. The molecule has 0 bridgehead atoms. The van der Waals surface area contributed by atoms with E-state index in [1.807, 2.05) is 30.3 Å². The fourth-order valence-electron chi connectivity index (χ4n) is 3.47. The van der Waals surface area contributed by atoms with E-state index >= 15 is 0 Å². The van der Waals surface area contributed by atoms with Crippen LogP contribution in [0.3, 0.4) is 0 Å². The first-order chi connectivity index (χ1) is 13.6. The van der Waals surface area contributed by atoms with E-state index in [9.17, 15) is 9.90 Å². The molecule has 1 aliphatic rings. The molecule has 6 nitrogen and oxygen atoms in total. The topological polar surface area (TPSA) is 96.9 Å². The summed E-state index contributed by atoms with van der Waals surface area (Å²) in [7, 11) is 1.57. The van der Waals surface area contributed by atoms with Gasteiger partial charge in [0, 0.05) is 30.4 Å². The molecule has 1 fully saturated rings. The lowest BCUT2D eigenvalue weighted by atomic mass is 9.74. The third-order valence-electron chi connectivity index (χ3n) is 5.25. The van der Waals surface area contributed by atoms with Gasteiger partial charge in [-0.1, -0.05) is 30.3 Å². The molecule has 28 heavy (non-hydrogen) atoms. The van der Waals surface area contributed by atoms with Crippen molar-refractivity contribution in [3.8, 4) is 5.75 Å². The molecule has 0 unspecified atom stereocenters. The number of carbonyl (C=O) groups is 1. The molecule has 148 valence electrons. The van der Waals surface area contributed by atoms with E-state index in [1.54, 1.807) is 25.2 Å². The number of nitrogens with zero attached hydrogens (tertiary/aromatic N) is 1. The predicted molar refractivity (Wildman–Crippen MR) is 111 cm³/mol. The summed E-state index contributed by atoms with van der Waals surface area (Å²) in [4.78, 5) is 17.1. The molecule has 0 aliphatic heterocycles. The second-order valence-corrected chi connectivity index (χ2v) is 7.16. The number of rotatable bonds is 8. The first kappa shape index (κ1) is 19.9. The predicted octanol–water partition coefficient (Wildman–Crippen LogP) is 2.69. The Morgan fingerprint density at radius 1 is 1.25 bits per heavy atom. The molecule has 0 spiro atoms. The normalized spacial score (nSPS) is 15.6. The molecule has 2 aromatic carbocycles. The third kappa shape index (κ3) is 4.51. The van der Waals surface area contributed by atoms with Gasteiger partial charge in [-0.2, -0.15) is 0 Å². The summed E-state index contributed by atoms with van der Waals surface area (Å²) in [5.74, 6) is 0.346. The van der Waals surface area contributed by atoms with Crippen LogP contribution in [0, 0.1) is 0 Å². The second-order valence-electron chi connectivity index (χ2n) is 7.16. The zero-order chi connectivity index (χ0) is 20.0. The molecular formula is C22H27N3O3. The maximum absolute atomic E-state index is 12.9. The van der Waals surface area contributed by atoms with E-state index in [0.717, 1.165) is 24.8 Å². The summed E-state index contributed by atoms with van der Waals surface area (Å²) >= 11 is 0. The lowest BCUT2D eigenvalue weighted by molar-refractivity contribution is -0.117. The van der Waals surface area contributed by atoms with Crippen LogP contribution in [-0.4, -0.2) is 35.9 Å². The fraction of sp³-hybridized carbons (Fsp3) is 0.364. The van der Waals surface area contributed by atoms with Crippen molar-refractivity contribution in [3.05, 3.63) is 59.7 Å². The number of hydrogen-bond acceptors (Lipinski definition) is 5. The van der Waals surface area contributed by atoms with Crippen LogP contribution in [0.2, 0.25) is 0 Å². The molecule has 0 aromatic heterocycles. The lowest BCUT2D eigenvalue weighted by Gasteiger charge is -2.42. The van der Waals surface area contributed by atoms with Crippen molar-refractivity contribution in [3.63, 3.8) is 0 Å². The molecule has 6 heteroatoms. The van der Waals surface area contributed by atoms with Crippen molar-refractivity contribution in [1.82, 2.24) is 5.32 Å². The van der Waals surface area contributed by atoms with Crippen LogP contribution in [0.25, 0.3) is 0 Å². The van der Waals surface area contributed by atoms with Crippen molar-refractivity contribution in [2.75, 3.05) is 19.4 Å². The Kier molecular flexibility index (Phi) is 6.31. The monoisotopic (exact) mass is 381 g/mol. The van der Waals surface area contributed by atoms with E-state index in [-0.39, 0.29) is 23.8 Å². The van der Waals surface area contributed by atoms with Gasteiger partial charge < -0.3 is 20.9 Å². The number of aliphatic imine (C=N–C) groups is 1. The summed E-state index contributed by atoms with van der Waals surface area (Å²) in [6.45, 7) is 0.471. The van der Waals surface area contributed by atoms with Crippen molar-refractivity contribution < 1.29 is 14.6 Å². The third-order valence-corrected chi connectivity index (χ3v) is 5.25. The highest BCUT2D eigenvalue weighted by atomic mass is 16.5. The van der Waals surface area contributed by atoms with Gasteiger partial charge in [0.05, 0.1) is 0 Å². The minimum absolute atomic E-state index is 0.0455. The minimum atomic E-state index is -0.335. The molecule has 4 N–H and O–H groups in total. The molecule has 1 amide bonds. The molecule has 0 atom stereocenters. The second kappa shape index (κ2) is 8.89. The quantitative estimate of drug-likeness (QED) is 0.484. The van der Waals surface area contributed by atoms with Gasteiger partial charge in [0.15, 0.2) is 0 Å². The Morgan fingerprint density at radius 3 is 2.61 bits per heavy atom. The van der Waals surface area contributed by atoms with Crippen molar-refractivity contribution in [1.29, 1.82) is 0 Å². The number of amides is 1. The zero-order valence-electron chi connectivity index (χ0n) is 16.1. The number of hydrogen-bond donors (Lipinski definition) is 3. The van der Waals surface area contributed by atoms with Crippen LogP contribution < -0.4 is 15.8 Å². The SMILES string of the molecule is CN=C(C(=O)NC1(CCO)CCC1)c1cc(OCc2ccccc2)ccc1N. The molecule has 1 saturated carbocycles. The van der Waals surface area contributed by atoms with E-state index in [0.29, 0.717) is 30.0 Å². The van der Waals surface area contributed by atoms with Gasteiger partial charge in [-0.05, 0) is 49.4 Å². The Labute approximate surface area is 165 Å². The summed E-state index contributed by atoms with van der Waals surface area (Å²) in [6.07, 6.45) is 3.33. The molecule has 0 saturated heterocycles. The summed E-state index contributed by atoms with van der Waals surface area (Å²) in [5, 5.41) is 12.4. The molecular weight excluding hydrogens is 354 g/mol. The van der Waals surface area contributed by atoms with Crippen molar-refractivity contribution >= 4 is 17.3 Å². The highest BCUT2D eigenvalue weighted by Gasteiger charge is 2.38. The van der Waals surface area contributed by atoms with Crippen molar-refractivity contribution in [2.45, 2.75) is 37.8 Å². The van der Waals surface area contributed by atoms with Gasteiger partial charge in [0.1, 0.15) is 18.1 Å². The van der Waals surface area contributed by atoms with E-state index in [2.05, 4.69) is 10.3 Å². The van der Waals surface area contributed by atoms with Crippen LogP contribution in [0.15, 0.2) is 53.5 Å². The van der Waals surface area contributed by atoms with E-state index in [1.165, 1.54) is 0 Å². The molecule has 1 aliphatic carbocycles. The van der Waals surface area contributed by atoms with Crippen molar-refractivity contribution in [2.24, 2.45) is 4.99 Å². The van der Waals surface area contributed by atoms with E-state index in [4.69, 9.17) is 10.5 Å². The number of aliphatic hydroxyl groups is 1. The smallest absolute Gasteiger partial charge is 0.270 e. The summed E-state index contributed by atoms with van der Waals surface area (Å²) in [5.41, 5.74) is 8.12. The molecule has 3 rings (SSSR count). The first-order valence-corrected chi connectivity index (χ1v) is 9.54. The minimum Gasteiger partial charge on any atom is -0.489 e. The van der Waals surface area contributed by atoms with Gasteiger partial charge in [-0.15, -0.1) is 0 Å². The van der Waals surface area contributed by atoms with Crippen LogP contribution in [0.4, 0.5) is 5.69 Å². The van der Waals surface area contributed by atoms with Gasteiger partial charge in [-0.3, -0.25) is 9.79 Å². The number of aliphatic hydroxyl groups excluding tert-OH is 1. The number of nitrogen functional groups attached to an aromatic ring is 1. The molecule has 2 aromatic rings. The zero-order valence-corrected chi connectivity index (χ0v) is 16.1. The molecule has 0 heterocycles. The van der Waals surface area contributed by atoms with Gasteiger partial charge in [-0.25, -0.2) is 0 Å². The highest BCUT2D eigenvalue weighted by molar-refractivity contribution is 6.46. The van der Waals surface area contributed by atoms with Gasteiger partial charge in [0.2, 0.25) is 0 Å². The highest BCUT2D eigenvalue weighted by Crippen LogP contribution is 2.35. The van der Waals surface area contributed by atoms with Crippen LogP contribution in [0.5, 0.6) is 5.75 Å². The maximum Gasteiger partial charge on any atom is 0.270 e. The van der Waals surface area contributed by atoms with Crippen LogP contribution in [0.1, 0.15) is 36.8 Å². The Balaban J connectivity index is 1.75. The first-order valence-electron chi connectivity index (χ1n) is 9.54. The standard InChI is InChI=1S/C22H27N3O3/c1-24-20(21(27)25-22(12-13-26)10-5-11-22)18-14-17(8-9-19(18)23)28-15-16-6-3-2-4-7-16/h2-4,6-9,14,26H,5,10-13,15,23H2,1H3,(H,25,27). The summed E-state index contributed by atoms with van der Waals surface area (Å²) < 4.78 is 5.86. The number of benzene rings is 2. The molecule has 0 radical (unpaired) electrons. The lowest BCUT2D eigenvalue weighted by Crippen LogP contribution is -2.55. The number of nitrogens with one attached hydrogen (secondary N) is 1. The number of carbonyl (C=O) groups excluding carboxylic acids is 1. The Bertz CT molecular complexity index is 845.